The molecule has 3 rings (SSSR count). The molecule has 2 N–H and O–H groups in total. The summed E-state index contributed by atoms with van der Waals surface area (Å²) in [6.07, 6.45) is 2.38. The van der Waals surface area contributed by atoms with Crippen molar-refractivity contribution in [1.29, 1.82) is 0 Å². The summed E-state index contributed by atoms with van der Waals surface area (Å²) in [6.45, 7) is 6.88. The Morgan fingerprint density at radius 3 is 2.64 bits per heavy atom. The van der Waals surface area contributed by atoms with E-state index >= 15 is 0 Å². The van der Waals surface area contributed by atoms with Crippen molar-refractivity contribution in [2.45, 2.75) is 39.8 Å². The molecule has 1 saturated heterocycles. The zero-order valence-corrected chi connectivity index (χ0v) is 13.3. The molecular formula is C16H25N3O3. The molecule has 2 heterocycles. The lowest BCUT2D eigenvalue weighted by atomic mass is 9.92. The lowest BCUT2D eigenvalue weighted by Crippen LogP contribution is -2.24. The van der Waals surface area contributed by atoms with Crippen LogP contribution in [0.2, 0.25) is 0 Å². The number of likely N-dealkylation sites (tertiary alicyclic amines) is 1. The smallest absolute Gasteiger partial charge is 0.308 e. The SMILES string of the molecule is Cc1nn(CCO)c(C)c1CN1C[C@H](C(=O)O)[C@@H](C2CC2)C1. The minimum atomic E-state index is -0.649. The fraction of sp³-hybridized carbons (Fsp3) is 0.750. The van der Waals surface area contributed by atoms with Crippen LogP contribution in [0.3, 0.4) is 0 Å². The Labute approximate surface area is 130 Å². The first-order valence-electron chi connectivity index (χ1n) is 8.10. The van der Waals surface area contributed by atoms with E-state index in [0.29, 0.717) is 24.9 Å². The van der Waals surface area contributed by atoms with Crippen molar-refractivity contribution in [3.05, 3.63) is 17.0 Å². The van der Waals surface area contributed by atoms with Crippen LogP contribution in [0.4, 0.5) is 0 Å². The van der Waals surface area contributed by atoms with Gasteiger partial charge in [-0.25, -0.2) is 0 Å². The number of aliphatic hydroxyl groups is 1. The highest BCUT2D eigenvalue weighted by atomic mass is 16.4. The number of hydrogen-bond acceptors (Lipinski definition) is 4. The van der Waals surface area contributed by atoms with E-state index in [1.807, 2.05) is 18.5 Å². The fourth-order valence-corrected chi connectivity index (χ4v) is 3.80. The van der Waals surface area contributed by atoms with Crippen molar-refractivity contribution >= 4 is 5.97 Å². The molecule has 0 spiro atoms. The van der Waals surface area contributed by atoms with Crippen molar-refractivity contribution in [3.63, 3.8) is 0 Å². The first kappa shape index (κ1) is 15.5. The average Bonchev–Trinajstić information content (AvgIpc) is 3.17. The Morgan fingerprint density at radius 1 is 1.32 bits per heavy atom. The topological polar surface area (TPSA) is 78.6 Å². The molecule has 6 nitrogen and oxygen atoms in total. The van der Waals surface area contributed by atoms with Gasteiger partial charge < -0.3 is 10.2 Å². The molecular weight excluding hydrogens is 282 g/mol. The third-order valence-corrected chi connectivity index (χ3v) is 5.21. The second-order valence-corrected chi connectivity index (χ2v) is 6.74. The molecule has 1 aromatic heterocycles. The van der Waals surface area contributed by atoms with Gasteiger partial charge in [0, 0.05) is 30.9 Å². The fourth-order valence-electron chi connectivity index (χ4n) is 3.80. The normalized spacial score (nSPS) is 25.8. The lowest BCUT2D eigenvalue weighted by molar-refractivity contribution is -0.142. The van der Waals surface area contributed by atoms with Gasteiger partial charge in [-0.2, -0.15) is 5.10 Å². The summed E-state index contributed by atoms with van der Waals surface area (Å²) in [5.74, 6) is 0.0559. The molecule has 6 heteroatoms. The van der Waals surface area contributed by atoms with Gasteiger partial charge in [-0.3, -0.25) is 14.4 Å². The molecule has 1 aromatic rings. The third-order valence-electron chi connectivity index (χ3n) is 5.21. The minimum absolute atomic E-state index is 0.0793. The van der Waals surface area contributed by atoms with E-state index in [2.05, 4.69) is 10.00 Å². The predicted octanol–water partition coefficient (Wildman–Crippen LogP) is 1.03. The number of aliphatic carboxylic acids is 1. The Morgan fingerprint density at radius 2 is 2.05 bits per heavy atom. The zero-order valence-electron chi connectivity index (χ0n) is 13.3. The van der Waals surface area contributed by atoms with Crippen LogP contribution in [0, 0.1) is 31.6 Å². The second kappa shape index (κ2) is 6.01. The maximum absolute atomic E-state index is 11.5. The quantitative estimate of drug-likeness (QED) is 0.821. The minimum Gasteiger partial charge on any atom is -0.481 e. The number of nitrogens with zero attached hydrogens (tertiary/aromatic N) is 3. The van der Waals surface area contributed by atoms with E-state index in [9.17, 15) is 9.90 Å². The summed E-state index contributed by atoms with van der Waals surface area (Å²) in [7, 11) is 0. The van der Waals surface area contributed by atoms with E-state index in [1.165, 1.54) is 18.4 Å². The maximum atomic E-state index is 11.5. The molecule has 1 saturated carbocycles. The maximum Gasteiger partial charge on any atom is 0.308 e. The van der Waals surface area contributed by atoms with E-state index in [4.69, 9.17) is 5.11 Å². The summed E-state index contributed by atoms with van der Waals surface area (Å²) in [6, 6.07) is 0. The molecule has 0 unspecified atom stereocenters. The number of carboxylic acid groups (broad SMARTS) is 1. The van der Waals surface area contributed by atoms with E-state index in [0.717, 1.165) is 24.5 Å². The number of carboxylic acids is 1. The van der Waals surface area contributed by atoms with Crippen LogP contribution in [-0.2, 0) is 17.9 Å². The van der Waals surface area contributed by atoms with Crippen molar-refractivity contribution in [2.75, 3.05) is 19.7 Å². The highest BCUT2D eigenvalue weighted by molar-refractivity contribution is 5.71. The monoisotopic (exact) mass is 307 g/mol. The number of aliphatic hydroxyl groups excluding tert-OH is 1. The molecule has 2 aliphatic rings. The first-order chi connectivity index (χ1) is 10.5. The van der Waals surface area contributed by atoms with Crippen molar-refractivity contribution in [2.24, 2.45) is 17.8 Å². The molecule has 0 bridgehead atoms. The van der Waals surface area contributed by atoms with Gasteiger partial charge in [0.15, 0.2) is 0 Å². The molecule has 0 radical (unpaired) electrons. The van der Waals surface area contributed by atoms with Crippen molar-refractivity contribution in [3.8, 4) is 0 Å². The van der Waals surface area contributed by atoms with Gasteiger partial charge in [-0.15, -0.1) is 0 Å². The second-order valence-electron chi connectivity index (χ2n) is 6.74. The van der Waals surface area contributed by atoms with E-state index in [-0.39, 0.29) is 12.5 Å². The average molecular weight is 307 g/mol. The van der Waals surface area contributed by atoms with Gasteiger partial charge in [0.25, 0.3) is 0 Å². The molecule has 2 fully saturated rings. The van der Waals surface area contributed by atoms with Gasteiger partial charge in [-0.1, -0.05) is 0 Å². The molecule has 2 atom stereocenters. The highest BCUT2D eigenvalue weighted by Gasteiger charge is 2.45. The summed E-state index contributed by atoms with van der Waals surface area (Å²) in [5, 5.41) is 23.0. The van der Waals surface area contributed by atoms with Gasteiger partial charge in [0.1, 0.15) is 0 Å². The molecule has 1 aliphatic carbocycles. The van der Waals surface area contributed by atoms with Gasteiger partial charge in [0.05, 0.1) is 24.8 Å². The van der Waals surface area contributed by atoms with Gasteiger partial charge in [0.2, 0.25) is 0 Å². The first-order valence-corrected chi connectivity index (χ1v) is 8.10. The standard InChI is InChI=1S/C16H25N3O3/c1-10-13(11(2)19(17-10)5-6-20)7-18-8-14(12-3-4-12)15(9-18)16(21)22/h12,14-15,20H,3-9H2,1-2H3,(H,21,22)/t14-,15+/m1/s1. The number of aromatic nitrogens is 2. The summed E-state index contributed by atoms with van der Waals surface area (Å²) in [5.41, 5.74) is 3.23. The van der Waals surface area contributed by atoms with Crippen LogP contribution in [0.1, 0.15) is 29.8 Å². The number of carbonyl (C=O) groups is 1. The van der Waals surface area contributed by atoms with Gasteiger partial charge in [-0.05, 0) is 38.5 Å². The Balaban J connectivity index is 1.72. The Bertz CT molecular complexity index is 565. The van der Waals surface area contributed by atoms with Crippen LogP contribution in [0.15, 0.2) is 0 Å². The summed E-state index contributed by atoms with van der Waals surface area (Å²) < 4.78 is 1.84. The van der Waals surface area contributed by atoms with E-state index < -0.39 is 5.97 Å². The third kappa shape index (κ3) is 2.90. The number of rotatable bonds is 6. The van der Waals surface area contributed by atoms with Crippen molar-refractivity contribution in [1.82, 2.24) is 14.7 Å². The number of aryl methyl sites for hydroxylation is 1. The summed E-state index contributed by atoms with van der Waals surface area (Å²) >= 11 is 0. The Kier molecular flexibility index (Phi) is 4.23. The zero-order chi connectivity index (χ0) is 15.9. The van der Waals surface area contributed by atoms with Crippen molar-refractivity contribution < 1.29 is 15.0 Å². The summed E-state index contributed by atoms with van der Waals surface area (Å²) in [4.78, 5) is 13.8. The largest absolute Gasteiger partial charge is 0.481 e. The lowest BCUT2D eigenvalue weighted by Gasteiger charge is -2.16. The molecule has 22 heavy (non-hydrogen) atoms. The van der Waals surface area contributed by atoms with E-state index in [1.54, 1.807) is 0 Å². The molecule has 0 amide bonds. The van der Waals surface area contributed by atoms with Gasteiger partial charge >= 0.3 is 5.97 Å². The Hall–Kier alpha value is -1.40. The number of hydrogen-bond donors (Lipinski definition) is 2. The van der Waals surface area contributed by atoms with Crippen LogP contribution in [-0.4, -0.2) is 50.6 Å². The molecule has 0 aromatic carbocycles. The predicted molar refractivity (Wildman–Crippen MR) is 81.4 cm³/mol. The van der Waals surface area contributed by atoms with Crippen LogP contribution >= 0.6 is 0 Å². The molecule has 1 aliphatic heterocycles. The van der Waals surface area contributed by atoms with Crippen LogP contribution in [0.25, 0.3) is 0 Å². The molecule has 122 valence electrons. The highest BCUT2D eigenvalue weighted by Crippen LogP contribution is 2.44. The van der Waals surface area contributed by atoms with Crippen LogP contribution < -0.4 is 0 Å². The van der Waals surface area contributed by atoms with Crippen LogP contribution in [0.5, 0.6) is 0 Å².